The Hall–Kier alpha value is -0.710. The predicted molar refractivity (Wildman–Crippen MR) is 48.2 cm³/mol. The van der Waals surface area contributed by atoms with Crippen LogP contribution in [0, 0.1) is 6.92 Å². The molecule has 0 N–H and O–H groups in total. The quantitative estimate of drug-likeness (QED) is 0.754. The van der Waals surface area contributed by atoms with Gasteiger partial charge in [-0.3, -0.25) is 0 Å². The van der Waals surface area contributed by atoms with Gasteiger partial charge in [0.05, 0.1) is 18.4 Å². The second kappa shape index (κ2) is 4.00. The average molecular weight is 252 g/mol. The highest BCUT2D eigenvalue weighted by atomic mass is 79.9. The van der Waals surface area contributed by atoms with Crippen LogP contribution >= 0.6 is 15.9 Å². The number of halogens is 3. The SMILES string of the molecule is COc1cc(C(F)F)c(Br)nc1C. The summed E-state index contributed by atoms with van der Waals surface area (Å²) in [6, 6.07) is 1.29. The molecule has 0 bridgehead atoms. The van der Waals surface area contributed by atoms with Crippen LogP contribution in [0.5, 0.6) is 5.75 Å². The molecule has 72 valence electrons. The van der Waals surface area contributed by atoms with Crippen molar-refractivity contribution < 1.29 is 13.5 Å². The summed E-state index contributed by atoms with van der Waals surface area (Å²) in [6.07, 6.45) is -2.55. The lowest BCUT2D eigenvalue weighted by Crippen LogP contribution is -1.96. The lowest BCUT2D eigenvalue weighted by molar-refractivity contribution is 0.149. The van der Waals surface area contributed by atoms with E-state index < -0.39 is 6.43 Å². The van der Waals surface area contributed by atoms with Crippen molar-refractivity contribution in [3.05, 3.63) is 21.9 Å². The van der Waals surface area contributed by atoms with E-state index in [0.29, 0.717) is 11.4 Å². The fourth-order valence-corrected chi connectivity index (χ4v) is 1.49. The Labute approximate surface area is 83.1 Å². The average Bonchev–Trinajstić information content (AvgIpc) is 2.03. The smallest absolute Gasteiger partial charge is 0.266 e. The van der Waals surface area contributed by atoms with Gasteiger partial charge in [0, 0.05) is 0 Å². The van der Waals surface area contributed by atoms with Gasteiger partial charge in [-0.25, -0.2) is 13.8 Å². The number of rotatable bonds is 2. The van der Waals surface area contributed by atoms with Crippen LogP contribution in [0.1, 0.15) is 17.7 Å². The van der Waals surface area contributed by atoms with E-state index in [2.05, 4.69) is 20.9 Å². The number of ether oxygens (including phenoxy) is 1. The van der Waals surface area contributed by atoms with Gasteiger partial charge in [0.25, 0.3) is 6.43 Å². The molecule has 0 fully saturated rings. The van der Waals surface area contributed by atoms with Crippen LogP contribution in [0.25, 0.3) is 0 Å². The largest absolute Gasteiger partial charge is 0.495 e. The number of pyridine rings is 1. The lowest BCUT2D eigenvalue weighted by Gasteiger charge is -2.08. The number of alkyl halides is 2. The van der Waals surface area contributed by atoms with Crippen LogP contribution in [0.2, 0.25) is 0 Å². The molecule has 0 spiro atoms. The number of hydrogen-bond acceptors (Lipinski definition) is 2. The molecule has 1 aromatic rings. The van der Waals surface area contributed by atoms with Crippen molar-refractivity contribution in [1.29, 1.82) is 0 Å². The number of aromatic nitrogens is 1. The van der Waals surface area contributed by atoms with E-state index in [1.807, 2.05) is 0 Å². The van der Waals surface area contributed by atoms with Gasteiger partial charge in [-0.2, -0.15) is 0 Å². The van der Waals surface area contributed by atoms with Gasteiger partial charge in [0.2, 0.25) is 0 Å². The number of aryl methyl sites for hydroxylation is 1. The number of nitrogens with zero attached hydrogens (tertiary/aromatic N) is 1. The van der Waals surface area contributed by atoms with E-state index in [1.165, 1.54) is 13.2 Å². The van der Waals surface area contributed by atoms with Gasteiger partial charge in [0.15, 0.2) is 0 Å². The van der Waals surface area contributed by atoms with Gasteiger partial charge < -0.3 is 4.74 Å². The molecule has 1 rings (SSSR count). The van der Waals surface area contributed by atoms with Gasteiger partial charge in [-0.05, 0) is 28.9 Å². The first-order chi connectivity index (χ1) is 6.06. The fraction of sp³-hybridized carbons (Fsp3) is 0.375. The highest BCUT2D eigenvalue weighted by Crippen LogP contribution is 2.30. The molecular formula is C8H8BrF2NO. The van der Waals surface area contributed by atoms with Crippen molar-refractivity contribution in [2.45, 2.75) is 13.3 Å². The molecule has 2 nitrogen and oxygen atoms in total. The monoisotopic (exact) mass is 251 g/mol. The van der Waals surface area contributed by atoms with E-state index in [1.54, 1.807) is 6.92 Å². The molecular weight excluding hydrogens is 244 g/mol. The zero-order valence-electron chi connectivity index (χ0n) is 7.14. The van der Waals surface area contributed by atoms with E-state index in [4.69, 9.17) is 4.74 Å². The molecule has 0 aromatic carbocycles. The summed E-state index contributed by atoms with van der Waals surface area (Å²) in [7, 11) is 1.42. The first-order valence-electron chi connectivity index (χ1n) is 3.55. The van der Waals surface area contributed by atoms with Crippen molar-refractivity contribution in [3.63, 3.8) is 0 Å². The Morgan fingerprint density at radius 1 is 1.54 bits per heavy atom. The van der Waals surface area contributed by atoms with Gasteiger partial charge >= 0.3 is 0 Å². The predicted octanol–water partition coefficient (Wildman–Crippen LogP) is 3.10. The topological polar surface area (TPSA) is 22.1 Å². The molecule has 1 heterocycles. The lowest BCUT2D eigenvalue weighted by atomic mass is 10.2. The molecule has 0 aliphatic heterocycles. The Morgan fingerprint density at radius 2 is 2.15 bits per heavy atom. The van der Waals surface area contributed by atoms with Gasteiger partial charge in [-0.1, -0.05) is 0 Å². The van der Waals surface area contributed by atoms with Crippen molar-refractivity contribution >= 4 is 15.9 Å². The molecule has 0 aliphatic carbocycles. The molecule has 13 heavy (non-hydrogen) atoms. The summed E-state index contributed by atoms with van der Waals surface area (Å²) in [5.74, 6) is 0.374. The van der Waals surface area contributed by atoms with E-state index >= 15 is 0 Å². The molecule has 0 amide bonds. The molecule has 0 saturated carbocycles. The zero-order chi connectivity index (χ0) is 10.0. The van der Waals surface area contributed by atoms with E-state index in [0.717, 1.165) is 0 Å². The summed E-state index contributed by atoms with van der Waals surface area (Å²) in [4.78, 5) is 3.88. The highest BCUT2D eigenvalue weighted by Gasteiger charge is 2.15. The van der Waals surface area contributed by atoms with Crippen molar-refractivity contribution in [2.24, 2.45) is 0 Å². The number of methoxy groups -OCH3 is 1. The summed E-state index contributed by atoms with van der Waals surface area (Å²) in [5.41, 5.74) is 0.432. The van der Waals surface area contributed by atoms with Crippen molar-refractivity contribution in [3.8, 4) is 5.75 Å². The van der Waals surface area contributed by atoms with Crippen LogP contribution in [0.15, 0.2) is 10.7 Å². The molecule has 5 heteroatoms. The maximum absolute atomic E-state index is 12.4. The Balaban J connectivity index is 3.22. The minimum absolute atomic E-state index is 0.151. The molecule has 0 aliphatic rings. The Bertz CT molecular complexity index is 317. The minimum atomic E-state index is -2.55. The summed E-state index contributed by atoms with van der Waals surface area (Å²) in [5, 5.41) is 0. The molecule has 0 atom stereocenters. The van der Waals surface area contributed by atoms with Crippen LogP contribution < -0.4 is 4.74 Å². The normalized spacial score (nSPS) is 10.6. The third-order valence-electron chi connectivity index (χ3n) is 1.60. The first kappa shape index (κ1) is 10.4. The molecule has 0 radical (unpaired) electrons. The Kier molecular flexibility index (Phi) is 3.19. The van der Waals surface area contributed by atoms with E-state index in [9.17, 15) is 8.78 Å². The Morgan fingerprint density at radius 3 is 2.62 bits per heavy atom. The first-order valence-corrected chi connectivity index (χ1v) is 4.34. The standard InChI is InChI=1S/C8H8BrF2NO/c1-4-6(13-2)3-5(8(10)11)7(9)12-4/h3,8H,1-2H3. The number of hydrogen-bond donors (Lipinski definition) is 0. The molecule has 0 unspecified atom stereocenters. The van der Waals surface area contributed by atoms with Crippen LogP contribution in [-0.2, 0) is 0 Å². The summed E-state index contributed by atoms with van der Waals surface area (Å²) >= 11 is 2.96. The third-order valence-corrected chi connectivity index (χ3v) is 2.24. The maximum atomic E-state index is 12.4. The second-order valence-electron chi connectivity index (χ2n) is 2.46. The minimum Gasteiger partial charge on any atom is -0.495 e. The summed E-state index contributed by atoms with van der Waals surface area (Å²) < 4.78 is 29.7. The summed E-state index contributed by atoms with van der Waals surface area (Å²) in [6.45, 7) is 1.69. The second-order valence-corrected chi connectivity index (χ2v) is 3.21. The van der Waals surface area contributed by atoms with Gasteiger partial charge in [0.1, 0.15) is 10.4 Å². The van der Waals surface area contributed by atoms with Gasteiger partial charge in [-0.15, -0.1) is 0 Å². The van der Waals surface area contributed by atoms with Crippen molar-refractivity contribution in [1.82, 2.24) is 4.98 Å². The van der Waals surface area contributed by atoms with Crippen molar-refractivity contribution in [2.75, 3.05) is 7.11 Å². The molecule has 1 aromatic heterocycles. The van der Waals surface area contributed by atoms with Crippen LogP contribution in [0.4, 0.5) is 8.78 Å². The van der Waals surface area contributed by atoms with Crippen LogP contribution in [-0.4, -0.2) is 12.1 Å². The third kappa shape index (κ3) is 2.15. The zero-order valence-corrected chi connectivity index (χ0v) is 8.73. The van der Waals surface area contributed by atoms with E-state index in [-0.39, 0.29) is 10.2 Å². The highest BCUT2D eigenvalue weighted by molar-refractivity contribution is 9.10. The maximum Gasteiger partial charge on any atom is 0.266 e. The van der Waals surface area contributed by atoms with Crippen LogP contribution in [0.3, 0.4) is 0 Å². The molecule has 0 saturated heterocycles. The fourth-order valence-electron chi connectivity index (χ4n) is 0.932.